The van der Waals surface area contributed by atoms with Gasteiger partial charge in [0.05, 0.1) is 19.3 Å². The molecule has 2 N–H and O–H groups in total. The van der Waals surface area contributed by atoms with Crippen LogP contribution in [0.15, 0.2) is 4.99 Å². The van der Waals surface area contributed by atoms with E-state index < -0.39 is 0 Å². The number of hydrogen-bond donors (Lipinski definition) is 2. The van der Waals surface area contributed by atoms with Crippen LogP contribution in [0, 0.1) is 5.92 Å². The Bertz CT molecular complexity index is 345. The summed E-state index contributed by atoms with van der Waals surface area (Å²) in [6.07, 6.45) is 5.45. The SMILES string of the molecule is CCNC(=NCC1CN(CC(C)C)CCO1)NC1CCCC1.I. The summed E-state index contributed by atoms with van der Waals surface area (Å²) in [6, 6.07) is 0.600. The summed E-state index contributed by atoms with van der Waals surface area (Å²) in [5.74, 6) is 1.67. The molecule has 1 heterocycles. The minimum Gasteiger partial charge on any atom is -0.374 e. The van der Waals surface area contributed by atoms with Gasteiger partial charge in [0, 0.05) is 32.2 Å². The van der Waals surface area contributed by atoms with Crippen LogP contribution in [0.1, 0.15) is 46.5 Å². The fourth-order valence-corrected chi connectivity index (χ4v) is 3.35. The standard InChI is InChI=1S/C17H34N4O.HI/c1-4-18-17(20-15-7-5-6-8-15)19-11-16-13-21(9-10-22-16)12-14(2)3;/h14-16H,4-13H2,1-3H3,(H2,18,19,20);1H. The molecule has 0 aromatic heterocycles. The molecule has 23 heavy (non-hydrogen) atoms. The van der Waals surface area contributed by atoms with Crippen LogP contribution >= 0.6 is 24.0 Å². The van der Waals surface area contributed by atoms with E-state index in [1.807, 2.05) is 0 Å². The zero-order valence-electron chi connectivity index (χ0n) is 15.0. The van der Waals surface area contributed by atoms with Crippen molar-refractivity contribution < 1.29 is 4.74 Å². The fraction of sp³-hybridized carbons (Fsp3) is 0.941. The lowest BCUT2D eigenvalue weighted by atomic mass is 10.2. The second-order valence-electron chi connectivity index (χ2n) is 6.99. The van der Waals surface area contributed by atoms with Crippen LogP contribution in [0.2, 0.25) is 0 Å². The first-order chi connectivity index (χ1) is 10.7. The molecular formula is C17H35IN4O. The van der Waals surface area contributed by atoms with Crippen molar-refractivity contribution in [3.05, 3.63) is 0 Å². The van der Waals surface area contributed by atoms with E-state index in [-0.39, 0.29) is 30.1 Å². The Labute approximate surface area is 159 Å². The number of guanidine groups is 1. The monoisotopic (exact) mass is 438 g/mol. The number of halogens is 1. The van der Waals surface area contributed by atoms with E-state index in [0.717, 1.165) is 45.3 Å². The van der Waals surface area contributed by atoms with Crippen molar-refractivity contribution in [3.63, 3.8) is 0 Å². The summed E-state index contributed by atoms with van der Waals surface area (Å²) in [4.78, 5) is 7.26. The normalized spacial score (nSPS) is 23.8. The molecule has 1 saturated carbocycles. The first-order valence-electron chi connectivity index (χ1n) is 9.06. The third-order valence-electron chi connectivity index (χ3n) is 4.34. The molecule has 0 aromatic rings. The summed E-state index contributed by atoms with van der Waals surface area (Å²) in [5.41, 5.74) is 0. The first kappa shape index (κ1) is 21.0. The van der Waals surface area contributed by atoms with Gasteiger partial charge in [-0.25, -0.2) is 0 Å². The van der Waals surface area contributed by atoms with Gasteiger partial charge in [-0.3, -0.25) is 9.89 Å². The highest BCUT2D eigenvalue weighted by Crippen LogP contribution is 2.17. The van der Waals surface area contributed by atoms with Gasteiger partial charge < -0.3 is 15.4 Å². The number of nitrogens with zero attached hydrogens (tertiary/aromatic N) is 2. The largest absolute Gasteiger partial charge is 0.374 e. The van der Waals surface area contributed by atoms with Gasteiger partial charge in [0.1, 0.15) is 0 Å². The van der Waals surface area contributed by atoms with Gasteiger partial charge in [0.25, 0.3) is 0 Å². The zero-order valence-corrected chi connectivity index (χ0v) is 17.3. The van der Waals surface area contributed by atoms with Gasteiger partial charge >= 0.3 is 0 Å². The molecule has 0 radical (unpaired) electrons. The van der Waals surface area contributed by atoms with E-state index in [2.05, 4.69) is 36.3 Å². The molecule has 1 aliphatic heterocycles. The maximum absolute atomic E-state index is 5.88. The maximum Gasteiger partial charge on any atom is 0.191 e. The molecule has 0 spiro atoms. The molecule has 0 aromatic carbocycles. The van der Waals surface area contributed by atoms with Crippen molar-refractivity contribution in [1.29, 1.82) is 0 Å². The molecule has 2 rings (SSSR count). The fourth-order valence-electron chi connectivity index (χ4n) is 3.35. The van der Waals surface area contributed by atoms with Crippen LogP contribution in [0.4, 0.5) is 0 Å². The Kier molecular flexibility index (Phi) is 10.5. The number of rotatable bonds is 6. The molecule has 6 heteroatoms. The smallest absolute Gasteiger partial charge is 0.191 e. The second-order valence-corrected chi connectivity index (χ2v) is 6.99. The van der Waals surface area contributed by atoms with Crippen LogP contribution in [-0.4, -0.2) is 62.3 Å². The molecule has 1 aliphatic carbocycles. The Morgan fingerprint density at radius 3 is 2.70 bits per heavy atom. The topological polar surface area (TPSA) is 48.9 Å². The van der Waals surface area contributed by atoms with Gasteiger partial charge in [0.2, 0.25) is 0 Å². The van der Waals surface area contributed by atoms with Crippen LogP contribution in [0.25, 0.3) is 0 Å². The number of nitrogens with one attached hydrogen (secondary N) is 2. The highest BCUT2D eigenvalue weighted by atomic mass is 127. The molecule has 0 bridgehead atoms. The third-order valence-corrected chi connectivity index (χ3v) is 4.34. The quantitative estimate of drug-likeness (QED) is 0.380. The van der Waals surface area contributed by atoms with E-state index in [9.17, 15) is 0 Å². The van der Waals surface area contributed by atoms with Crippen LogP contribution < -0.4 is 10.6 Å². The van der Waals surface area contributed by atoms with E-state index in [4.69, 9.17) is 9.73 Å². The average Bonchev–Trinajstić information content (AvgIpc) is 2.98. The average molecular weight is 438 g/mol. The first-order valence-corrected chi connectivity index (χ1v) is 9.06. The van der Waals surface area contributed by atoms with Crippen molar-refractivity contribution in [3.8, 4) is 0 Å². The summed E-state index contributed by atoms with van der Waals surface area (Å²) in [7, 11) is 0. The predicted octanol–water partition coefficient (Wildman–Crippen LogP) is 2.46. The van der Waals surface area contributed by atoms with Crippen LogP contribution in [-0.2, 0) is 4.74 Å². The van der Waals surface area contributed by atoms with E-state index in [1.165, 1.54) is 25.7 Å². The molecule has 0 amide bonds. The number of morpholine rings is 1. The summed E-state index contributed by atoms with van der Waals surface area (Å²) in [5, 5.41) is 6.93. The van der Waals surface area contributed by atoms with Gasteiger partial charge in [0.15, 0.2) is 5.96 Å². The summed E-state index contributed by atoms with van der Waals surface area (Å²) in [6.45, 7) is 12.4. The van der Waals surface area contributed by atoms with Gasteiger partial charge in [-0.2, -0.15) is 0 Å². The molecule has 1 saturated heterocycles. The van der Waals surface area contributed by atoms with Gasteiger partial charge in [-0.05, 0) is 25.7 Å². The van der Waals surface area contributed by atoms with Crippen molar-refractivity contribution >= 4 is 29.9 Å². The molecule has 1 unspecified atom stereocenters. The molecule has 2 fully saturated rings. The highest BCUT2D eigenvalue weighted by molar-refractivity contribution is 14.0. The minimum atomic E-state index is 0. The number of ether oxygens (including phenoxy) is 1. The Morgan fingerprint density at radius 2 is 2.04 bits per heavy atom. The van der Waals surface area contributed by atoms with Gasteiger partial charge in [-0.1, -0.05) is 26.7 Å². The van der Waals surface area contributed by atoms with E-state index >= 15 is 0 Å². The number of aliphatic imine (C=N–C) groups is 1. The summed E-state index contributed by atoms with van der Waals surface area (Å²) < 4.78 is 5.88. The van der Waals surface area contributed by atoms with Gasteiger partial charge in [-0.15, -0.1) is 24.0 Å². The zero-order chi connectivity index (χ0) is 15.8. The molecular weight excluding hydrogens is 403 g/mol. The minimum absolute atomic E-state index is 0. The molecule has 1 atom stereocenters. The second kappa shape index (κ2) is 11.5. The van der Waals surface area contributed by atoms with Crippen LogP contribution in [0.3, 0.4) is 0 Å². The van der Waals surface area contributed by atoms with E-state index in [0.29, 0.717) is 12.0 Å². The third kappa shape index (κ3) is 8.03. The Morgan fingerprint density at radius 1 is 1.30 bits per heavy atom. The van der Waals surface area contributed by atoms with Crippen LogP contribution in [0.5, 0.6) is 0 Å². The molecule has 136 valence electrons. The molecule has 2 aliphatic rings. The number of hydrogen-bond acceptors (Lipinski definition) is 3. The van der Waals surface area contributed by atoms with E-state index in [1.54, 1.807) is 0 Å². The predicted molar refractivity (Wildman–Crippen MR) is 108 cm³/mol. The van der Waals surface area contributed by atoms with Crippen molar-refractivity contribution in [2.24, 2.45) is 10.9 Å². The lowest BCUT2D eigenvalue weighted by molar-refractivity contribution is -0.0262. The van der Waals surface area contributed by atoms with Crippen molar-refractivity contribution in [1.82, 2.24) is 15.5 Å². The maximum atomic E-state index is 5.88. The van der Waals surface area contributed by atoms with Crippen molar-refractivity contribution in [2.75, 3.05) is 39.3 Å². The molecule has 5 nitrogen and oxygen atoms in total. The summed E-state index contributed by atoms with van der Waals surface area (Å²) >= 11 is 0. The lowest BCUT2D eigenvalue weighted by Gasteiger charge is -2.33. The Balaban J connectivity index is 0.00000264. The lowest BCUT2D eigenvalue weighted by Crippen LogP contribution is -2.46. The Hall–Kier alpha value is -0.0800. The highest BCUT2D eigenvalue weighted by Gasteiger charge is 2.21. The van der Waals surface area contributed by atoms with Crippen molar-refractivity contribution in [2.45, 2.75) is 58.6 Å².